The first-order valence-corrected chi connectivity index (χ1v) is 13.3. The maximum absolute atomic E-state index is 12.5. The summed E-state index contributed by atoms with van der Waals surface area (Å²) in [6.45, 7) is 0.446. The zero-order chi connectivity index (χ0) is 26.4. The largest absolute Gasteiger partial charge is 0.407 e. The number of hydrogen-bond donors (Lipinski definition) is 3. The van der Waals surface area contributed by atoms with Gasteiger partial charge in [-0.2, -0.15) is 0 Å². The molecule has 36 heavy (non-hydrogen) atoms. The van der Waals surface area contributed by atoms with E-state index in [1.165, 1.54) is 12.1 Å². The van der Waals surface area contributed by atoms with Crippen LogP contribution in [0.4, 0.5) is 0 Å². The van der Waals surface area contributed by atoms with Crippen LogP contribution in [0.3, 0.4) is 0 Å². The summed E-state index contributed by atoms with van der Waals surface area (Å²) in [4.78, 5) is 36.7. The van der Waals surface area contributed by atoms with Crippen LogP contribution in [0.25, 0.3) is 0 Å². The molecule has 8 nitrogen and oxygen atoms in total. The maximum atomic E-state index is 12.5. The Morgan fingerprint density at radius 1 is 0.583 bits per heavy atom. The van der Waals surface area contributed by atoms with E-state index in [9.17, 15) is 14.4 Å². The Kier molecular flexibility index (Phi) is 18.0. The third-order valence-electron chi connectivity index (χ3n) is 5.89. The molecule has 1 rings (SSSR count). The average molecular weight is 506 g/mol. The van der Waals surface area contributed by atoms with E-state index in [0.717, 1.165) is 77.0 Å². The van der Waals surface area contributed by atoms with Crippen LogP contribution in [0.1, 0.15) is 119 Å². The first-order chi connectivity index (χ1) is 17.5. The van der Waals surface area contributed by atoms with Gasteiger partial charge in [-0.3, -0.25) is 15.0 Å². The highest BCUT2D eigenvalue weighted by Crippen LogP contribution is 2.15. The summed E-state index contributed by atoms with van der Waals surface area (Å²) in [6, 6.07) is 6.14. The summed E-state index contributed by atoms with van der Waals surface area (Å²) in [7, 11) is 0. The summed E-state index contributed by atoms with van der Waals surface area (Å²) in [6.07, 6.45) is 13.2. The van der Waals surface area contributed by atoms with E-state index >= 15 is 0 Å². The predicted octanol–water partition coefficient (Wildman–Crippen LogP) is 5.46. The number of ether oxygens (including phenoxy) is 2. The SMILES string of the molecule is N=C(OC(=O)CCCCCCCCCO)c1ccccc1C(=O)OC(=O)CCCCCCCCCO. The van der Waals surface area contributed by atoms with Gasteiger partial charge >= 0.3 is 17.9 Å². The van der Waals surface area contributed by atoms with Crippen molar-refractivity contribution in [3.8, 4) is 0 Å². The van der Waals surface area contributed by atoms with Crippen molar-refractivity contribution in [2.75, 3.05) is 13.2 Å². The van der Waals surface area contributed by atoms with Gasteiger partial charge in [0.2, 0.25) is 5.90 Å². The number of rotatable bonds is 20. The van der Waals surface area contributed by atoms with Crippen molar-refractivity contribution in [3.63, 3.8) is 0 Å². The fraction of sp³-hybridized carbons (Fsp3) is 0.643. The number of carbonyl (C=O) groups is 3. The second-order valence-corrected chi connectivity index (χ2v) is 9.01. The van der Waals surface area contributed by atoms with E-state index in [4.69, 9.17) is 25.1 Å². The third kappa shape index (κ3) is 14.7. The second kappa shape index (κ2) is 20.6. The number of unbranched alkanes of at least 4 members (excludes halogenated alkanes) is 12. The van der Waals surface area contributed by atoms with E-state index in [0.29, 0.717) is 12.8 Å². The maximum Gasteiger partial charge on any atom is 0.346 e. The second-order valence-electron chi connectivity index (χ2n) is 9.01. The van der Waals surface area contributed by atoms with Crippen LogP contribution in [0, 0.1) is 5.41 Å². The Morgan fingerprint density at radius 3 is 1.44 bits per heavy atom. The number of aliphatic hydroxyl groups excluding tert-OH is 2. The van der Waals surface area contributed by atoms with Crippen molar-refractivity contribution >= 4 is 23.8 Å². The zero-order valence-electron chi connectivity index (χ0n) is 21.5. The van der Waals surface area contributed by atoms with Gasteiger partial charge in [-0.05, 0) is 37.8 Å². The zero-order valence-corrected chi connectivity index (χ0v) is 21.5. The van der Waals surface area contributed by atoms with Crippen LogP contribution in [0.2, 0.25) is 0 Å². The van der Waals surface area contributed by atoms with Crippen LogP contribution in [-0.2, 0) is 19.1 Å². The normalized spacial score (nSPS) is 10.7. The third-order valence-corrected chi connectivity index (χ3v) is 5.89. The lowest BCUT2D eigenvalue weighted by Gasteiger charge is -2.10. The molecule has 0 unspecified atom stereocenters. The number of benzene rings is 1. The molecule has 0 aliphatic carbocycles. The average Bonchev–Trinajstić information content (AvgIpc) is 2.87. The van der Waals surface area contributed by atoms with Gasteiger partial charge in [0.25, 0.3) is 0 Å². The van der Waals surface area contributed by atoms with Gasteiger partial charge < -0.3 is 19.7 Å². The summed E-state index contributed by atoms with van der Waals surface area (Å²) < 4.78 is 10.1. The number of nitrogens with one attached hydrogen (secondary N) is 1. The molecule has 0 amide bonds. The van der Waals surface area contributed by atoms with Crippen LogP contribution in [-0.4, -0.2) is 47.2 Å². The highest BCUT2D eigenvalue weighted by atomic mass is 16.6. The lowest BCUT2D eigenvalue weighted by molar-refractivity contribution is -0.138. The summed E-state index contributed by atoms with van der Waals surface area (Å²) in [5, 5.41) is 25.7. The van der Waals surface area contributed by atoms with Crippen LogP contribution < -0.4 is 0 Å². The van der Waals surface area contributed by atoms with E-state index in [1.807, 2.05) is 0 Å². The Morgan fingerprint density at radius 2 is 0.972 bits per heavy atom. The van der Waals surface area contributed by atoms with Crippen LogP contribution >= 0.6 is 0 Å². The standard InChI is InChI=1S/C28H43NO7/c29-27(35-25(32)19-11-7-3-1-5-9-15-21-30)23-17-13-14-18-24(23)28(34)36-26(33)20-12-8-4-2-6-10-16-22-31/h13-14,17-18,29-31H,1-12,15-16,19-22H2. The van der Waals surface area contributed by atoms with Crippen molar-refractivity contribution < 1.29 is 34.1 Å². The van der Waals surface area contributed by atoms with Crippen molar-refractivity contribution in [2.45, 2.75) is 103 Å². The molecule has 0 saturated heterocycles. The van der Waals surface area contributed by atoms with E-state index in [2.05, 4.69) is 0 Å². The molecule has 0 atom stereocenters. The molecule has 0 aromatic heterocycles. The molecule has 0 aliphatic heterocycles. The lowest BCUT2D eigenvalue weighted by atomic mass is 10.1. The topological polar surface area (TPSA) is 134 Å². The molecule has 0 heterocycles. The Labute approximate surface area is 214 Å². The summed E-state index contributed by atoms with van der Waals surface area (Å²) >= 11 is 0. The highest BCUT2D eigenvalue weighted by Gasteiger charge is 2.20. The Bertz CT molecular complexity index is 729. The molecule has 0 aliphatic rings. The van der Waals surface area contributed by atoms with Crippen molar-refractivity contribution in [3.05, 3.63) is 35.4 Å². The number of aliphatic hydroxyl groups is 2. The van der Waals surface area contributed by atoms with Crippen molar-refractivity contribution in [2.24, 2.45) is 0 Å². The smallest absolute Gasteiger partial charge is 0.346 e. The molecule has 0 saturated carbocycles. The summed E-state index contributed by atoms with van der Waals surface area (Å²) in [5.74, 6) is -2.45. The minimum absolute atomic E-state index is 0.00964. The van der Waals surface area contributed by atoms with E-state index in [-0.39, 0.29) is 37.2 Å². The predicted molar refractivity (Wildman–Crippen MR) is 138 cm³/mol. The van der Waals surface area contributed by atoms with E-state index < -0.39 is 23.8 Å². The minimum Gasteiger partial charge on any atom is -0.407 e. The van der Waals surface area contributed by atoms with Gasteiger partial charge in [0.15, 0.2) is 0 Å². The molecule has 0 fully saturated rings. The van der Waals surface area contributed by atoms with Crippen molar-refractivity contribution in [1.82, 2.24) is 0 Å². The molecule has 202 valence electrons. The first-order valence-electron chi connectivity index (χ1n) is 13.3. The number of carbonyl (C=O) groups excluding carboxylic acids is 3. The fourth-order valence-corrected chi connectivity index (χ4v) is 3.82. The highest BCUT2D eigenvalue weighted by molar-refractivity contribution is 6.08. The van der Waals surface area contributed by atoms with Crippen molar-refractivity contribution in [1.29, 1.82) is 5.41 Å². The van der Waals surface area contributed by atoms with E-state index in [1.54, 1.807) is 12.1 Å². The van der Waals surface area contributed by atoms with Gasteiger partial charge in [0.05, 0.1) is 11.1 Å². The molecule has 3 N–H and O–H groups in total. The number of esters is 3. The lowest BCUT2D eigenvalue weighted by Crippen LogP contribution is -2.19. The Hall–Kier alpha value is -2.58. The molecule has 0 spiro atoms. The monoisotopic (exact) mass is 505 g/mol. The molecule has 0 radical (unpaired) electrons. The molecule has 1 aromatic rings. The molecular formula is C28H43NO7. The molecule has 8 heteroatoms. The van der Waals surface area contributed by atoms with Gasteiger partial charge in [-0.15, -0.1) is 0 Å². The van der Waals surface area contributed by atoms with Gasteiger partial charge in [0.1, 0.15) is 0 Å². The fourth-order valence-electron chi connectivity index (χ4n) is 3.82. The van der Waals surface area contributed by atoms with Gasteiger partial charge in [-0.1, -0.05) is 76.3 Å². The molecule has 0 bridgehead atoms. The minimum atomic E-state index is -0.860. The molecule has 1 aromatic carbocycles. The van der Waals surface area contributed by atoms with Gasteiger partial charge in [-0.25, -0.2) is 4.79 Å². The van der Waals surface area contributed by atoms with Crippen LogP contribution in [0.15, 0.2) is 24.3 Å². The van der Waals surface area contributed by atoms with Gasteiger partial charge in [0, 0.05) is 26.1 Å². The first kappa shape index (κ1) is 31.4. The number of hydrogen-bond acceptors (Lipinski definition) is 8. The molecular weight excluding hydrogens is 462 g/mol. The quantitative estimate of drug-likeness (QED) is 0.0704. The Balaban J connectivity index is 2.37. The summed E-state index contributed by atoms with van der Waals surface area (Å²) in [5.41, 5.74) is 0.117. The van der Waals surface area contributed by atoms with Crippen LogP contribution in [0.5, 0.6) is 0 Å².